The average molecular weight is 338 g/mol. The first kappa shape index (κ1) is 18.6. The number of benzene rings is 2. The Morgan fingerprint density at radius 2 is 1.44 bits per heavy atom. The van der Waals surface area contributed by atoms with E-state index in [1.54, 1.807) is 55.6 Å². The highest BCUT2D eigenvalue weighted by Crippen LogP contribution is 2.32. The van der Waals surface area contributed by atoms with Gasteiger partial charge in [0, 0.05) is 17.9 Å². The molecule has 2 aromatic carbocycles. The van der Waals surface area contributed by atoms with Gasteiger partial charge in [-0.25, -0.2) is 0 Å². The van der Waals surface area contributed by atoms with Gasteiger partial charge < -0.3 is 4.74 Å². The summed E-state index contributed by atoms with van der Waals surface area (Å²) in [5, 5.41) is 0. The molecule has 0 heterocycles. The number of hydrogen-bond donors (Lipinski definition) is 0. The van der Waals surface area contributed by atoms with E-state index in [0.29, 0.717) is 11.3 Å². The van der Waals surface area contributed by atoms with Crippen molar-refractivity contribution >= 4 is 17.3 Å². The lowest BCUT2D eigenvalue weighted by Crippen LogP contribution is -2.28. The van der Waals surface area contributed by atoms with Crippen LogP contribution in [-0.4, -0.2) is 24.5 Å². The maximum atomic E-state index is 12.7. The third-order valence-corrected chi connectivity index (χ3v) is 4.32. The van der Waals surface area contributed by atoms with Crippen molar-refractivity contribution in [1.29, 1.82) is 0 Å². The maximum Gasteiger partial charge on any atom is 0.163 e. The number of carbonyl (C=O) groups is 3. The van der Waals surface area contributed by atoms with Crippen LogP contribution in [-0.2, 0) is 9.59 Å². The number of Topliss-reactive ketones (excluding diaryl/α,β-unsaturated/α-hetero) is 3. The number of hydrogen-bond acceptors (Lipinski definition) is 4. The Balaban J connectivity index is 2.38. The molecule has 1 unspecified atom stereocenters. The van der Waals surface area contributed by atoms with Gasteiger partial charge in [-0.05, 0) is 31.5 Å². The van der Waals surface area contributed by atoms with Crippen LogP contribution < -0.4 is 4.74 Å². The fourth-order valence-electron chi connectivity index (χ4n) is 3.07. The molecule has 25 heavy (non-hydrogen) atoms. The second-order valence-electron chi connectivity index (χ2n) is 6.07. The quantitative estimate of drug-likeness (QED) is 0.542. The summed E-state index contributed by atoms with van der Waals surface area (Å²) >= 11 is 0. The molecule has 0 saturated heterocycles. The summed E-state index contributed by atoms with van der Waals surface area (Å²) < 4.78 is 5.15. The van der Waals surface area contributed by atoms with Crippen LogP contribution in [0.2, 0.25) is 0 Å². The molecule has 0 aromatic heterocycles. The Kier molecular flexibility index (Phi) is 6.23. The van der Waals surface area contributed by atoms with E-state index in [0.717, 1.165) is 5.56 Å². The van der Waals surface area contributed by atoms with Gasteiger partial charge in [-0.3, -0.25) is 14.4 Å². The molecular weight excluding hydrogens is 316 g/mol. The minimum atomic E-state index is -0.832. The van der Waals surface area contributed by atoms with Crippen molar-refractivity contribution in [2.24, 2.45) is 5.92 Å². The first-order valence-corrected chi connectivity index (χ1v) is 8.17. The molecule has 0 N–H and O–H groups in total. The van der Waals surface area contributed by atoms with E-state index in [2.05, 4.69) is 0 Å². The number of carbonyl (C=O) groups excluding carboxylic acids is 3. The van der Waals surface area contributed by atoms with Crippen LogP contribution in [0.5, 0.6) is 5.75 Å². The summed E-state index contributed by atoms with van der Waals surface area (Å²) in [7, 11) is 1.57. The minimum absolute atomic E-state index is 0.0890. The molecule has 0 saturated carbocycles. The van der Waals surface area contributed by atoms with E-state index in [1.807, 2.05) is 6.07 Å². The number of rotatable bonds is 8. The van der Waals surface area contributed by atoms with E-state index in [1.165, 1.54) is 13.8 Å². The lowest BCUT2D eigenvalue weighted by atomic mass is 9.77. The first-order valence-electron chi connectivity index (χ1n) is 8.17. The molecule has 2 aromatic rings. The lowest BCUT2D eigenvalue weighted by molar-refractivity contribution is -0.131. The van der Waals surface area contributed by atoms with Crippen LogP contribution in [0, 0.1) is 5.92 Å². The van der Waals surface area contributed by atoms with E-state index < -0.39 is 11.8 Å². The van der Waals surface area contributed by atoms with Crippen LogP contribution in [0.1, 0.15) is 42.1 Å². The molecule has 0 aliphatic heterocycles. The Morgan fingerprint density at radius 3 is 1.92 bits per heavy atom. The minimum Gasteiger partial charge on any atom is -0.497 e. The molecule has 0 aliphatic carbocycles. The van der Waals surface area contributed by atoms with Crippen molar-refractivity contribution < 1.29 is 19.1 Å². The van der Waals surface area contributed by atoms with Crippen LogP contribution in [0.4, 0.5) is 0 Å². The van der Waals surface area contributed by atoms with Gasteiger partial charge in [0.15, 0.2) is 5.78 Å². The highest BCUT2D eigenvalue weighted by Gasteiger charge is 2.32. The molecule has 0 amide bonds. The monoisotopic (exact) mass is 338 g/mol. The lowest BCUT2D eigenvalue weighted by Gasteiger charge is -2.23. The van der Waals surface area contributed by atoms with Gasteiger partial charge in [-0.15, -0.1) is 0 Å². The smallest absolute Gasteiger partial charge is 0.163 e. The topological polar surface area (TPSA) is 60.4 Å². The SMILES string of the molecule is COc1ccc(C(CC(=O)c2ccccc2)C(C(C)=O)C(C)=O)cc1. The highest BCUT2D eigenvalue weighted by atomic mass is 16.5. The molecule has 2 rings (SSSR count). The van der Waals surface area contributed by atoms with Crippen LogP contribution >= 0.6 is 0 Å². The zero-order chi connectivity index (χ0) is 18.4. The zero-order valence-corrected chi connectivity index (χ0v) is 14.7. The average Bonchev–Trinajstić information content (AvgIpc) is 2.61. The van der Waals surface area contributed by atoms with E-state index in [4.69, 9.17) is 4.74 Å². The summed E-state index contributed by atoms with van der Waals surface area (Å²) in [6, 6.07) is 16.1. The Morgan fingerprint density at radius 1 is 0.880 bits per heavy atom. The Labute approximate surface area is 147 Å². The third kappa shape index (κ3) is 4.63. The van der Waals surface area contributed by atoms with Gasteiger partial charge in [0.05, 0.1) is 13.0 Å². The predicted octanol–water partition coefficient (Wildman–Crippen LogP) is 3.85. The summed E-state index contributed by atoms with van der Waals surface area (Å²) in [5.41, 5.74) is 1.35. The maximum absolute atomic E-state index is 12.7. The molecule has 0 bridgehead atoms. The number of ketones is 3. The molecule has 0 aliphatic rings. The highest BCUT2D eigenvalue weighted by molar-refractivity contribution is 6.03. The van der Waals surface area contributed by atoms with Crippen molar-refractivity contribution in [2.75, 3.05) is 7.11 Å². The van der Waals surface area contributed by atoms with Gasteiger partial charge in [0.25, 0.3) is 0 Å². The Bertz CT molecular complexity index is 733. The van der Waals surface area contributed by atoms with Crippen molar-refractivity contribution in [3.63, 3.8) is 0 Å². The summed E-state index contributed by atoms with van der Waals surface area (Å²) in [6.07, 6.45) is 0.0974. The van der Waals surface area contributed by atoms with Crippen molar-refractivity contribution in [3.05, 3.63) is 65.7 Å². The van der Waals surface area contributed by atoms with Crippen LogP contribution in [0.3, 0.4) is 0 Å². The van der Waals surface area contributed by atoms with E-state index in [-0.39, 0.29) is 23.8 Å². The fraction of sp³-hybridized carbons (Fsp3) is 0.286. The molecule has 0 radical (unpaired) electrons. The van der Waals surface area contributed by atoms with E-state index >= 15 is 0 Å². The first-order chi connectivity index (χ1) is 11.9. The summed E-state index contributed by atoms with van der Waals surface area (Å²) in [5.74, 6) is -1.19. The molecule has 0 fully saturated rings. The molecule has 0 spiro atoms. The van der Waals surface area contributed by atoms with Crippen LogP contribution in [0.15, 0.2) is 54.6 Å². The standard InChI is InChI=1S/C21H22O4/c1-14(22)21(15(2)23)19(16-9-11-18(25-3)12-10-16)13-20(24)17-7-5-4-6-8-17/h4-12,19,21H,13H2,1-3H3. The van der Waals surface area contributed by atoms with Gasteiger partial charge >= 0.3 is 0 Å². The zero-order valence-electron chi connectivity index (χ0n) is 14.7. The predicted molar refractivity (Wildman–Crippen MR) is 96.0 cm³/mol. The van der Waals surface area contributed by atoms with Gasteiger partial charge in [-0.1, -0.05) is 42.5 Å². The fourth-order valence-corrected chi connectivity index (χ4v) is 3.07. The number of ether oxygens (including phenoxy) is 1. The molecule has 130 valence electrons. The summed E-state index contributed by atoms with van der Waals surface area (Å²) in [6.45, 7) is 2.80. The third-order valence-electron chi connectivity index (χ3n) is 4.32. The van der Waals surface area contributed by atoms with Crippen LogP contribution in [0.25, 0.3) is 0 Å². The van der Waals surface area contributed by atoms with E-state index in [9.17, 15) is 14.4 Å². The normalized spacial score (nSPS) is 11.8. The molecule has 1 atom stereocenters. The van der Waals surface area contributed by atoms with Crippen molar-refractivity contribution in [3.8, 4) is 5.75 Å². The number of methoxy groups -OCH3 is 1. The van der Waals surface area contributed by atoms with Crippen molar-refractivity contribution in [2.45, 2.75) is 26.2 Å². The van der Waals surface area contributed by atoms with Gasteiger partial charge in [-0.2, -0.15) is 0 Å². The molecule has 4 heteroatoms. The Hall–Kier alpha value is -2.75. The second kappa shape index (κ2) is 8.38. The largest absolute Gasteiger partial charge is 0.497 e. The summed E-state index contributed by atoms with van der Waals surface area (Å²) in [4.78, 5) is 36.8. The molecule has 4 nitrogen and oxygen atoms in total. The van der Waals surface area contributed by atoms with Gasteiger partial charge in [0.1, 0.15) is 17.3 Å². The van der Waals surface area contributed by atoms with Gasteiger partial charge in [0.2, 0.25) is 0 Å². The molecular formula is C21H22O4. The van der Waals surface area contributed by atoms with Crippen molar-refractivity contribution in [1.82, 2.24) is 0 Å². The second-order valence-corrected chi connectivity index (χ2v) is 6.07.